The number of halogens is 1. The first kappa shape index (κ1) is 10.7. The quantitative estimate of drug-likeness (QED) is 0.282. The zero-order valence-corrected chi connectivity index (χ0v) is 8.13. The van der Waals surface area contributed by atoms with Crippen molar-refractivity contribution in [3.63, 3.8) is 0 Å². The molecule has 4 N–H and O–H groups in total. The Bertz CT molecular complexity index is 248. The van der Waals surface area contributed by atoms with Gasteiger partial charge in [-0.15, -0.1) is 0 Å². The topological polar surface area (TPSA) is 77.4 Å². The van der Waals surface area contributed by atoms with E-state index in [1.165, 1.54) is 23.3 Å². The monoisotopic (exact) mass is 210 g/mol. The van der Waals surface area contributed by atoms with Crippen LogP contribution in [0.1, 0.15) is 5.82 Å². The van der Waals surface area contributed by atoms with Crippen molar-refractivity contribution >= 4 is 28.5 Å². The summed E-state index contributed by atoms with van der Waals surface area (Å²) in [5.41, 5.74) is 5.23. The van der Waals surface area contributed by atoms with Gasteiger partial charge in [-0.2, -0.15) is 4.37 Å². The molecule has 0 aliphatic rings. The fourth-order valence-electron chi connectivity index (χ4n) is 0.420. The number of hydrogen-bond donors (Lipinski definition) is 2. The summed E-state index contributed by atoms with van der Waals surface area (Å²) in [6.45, 7) is 1.83. The molecule has 7 heteroatoms. The molecule has 1 aromatic rings. The van der Waals surface area contributed by atoms with Crippen LogP contribution < -0.4 is 23.5 Å². The normalized spacial score (nSPS) is 8.82. The average Bonchev–Trinajstić information content (AvgIpc) is 2.13. The summed E-state index contributed by atoms with van der Waals surface area (Å²) in [5, 5.41) is 5.53. The molecule has 0 fully saturated rings. The van der Waals surface area contributed by atoms with Crippen LogP contribution in [0.15, 0.2) is 4.34 Å². The van der Waals surface area contributed by atoms with E-state index in [-0.39, 0.29) is 12.4 Å². The number of nitrogens with zero attached hydrogens (tertiary/aromatic N) is 2. The first-order valence-electron chi connectivity index (χ1n) is 2.54. The van der Waals surface area contributed by atoms with Crippen molar-refractivity contribution in [1.29, 1.82) is 0 Å². The maximum atomic E-state index is 5.23. The number of aromatic nitrogens is 2. The third kappa shape index (κ3) is 3.54. The van der Waals surface area contributed by atoms with Gasteiger partial charge in [0, 0.05) is 11.8 Å². The van der Waals surface area contributed by atoms with Gasteiger partial charge >= 0.3 is 5.17 Å². The van der Waals surface area contributed by atoms with E-state index in [1.54, 1.807) is 0 Å². The number of amidine groups is 1. The van der Waals surface area contributed by atoms with Gasteiger partial charge in [0.25, 0.3) is 0 Å². The van der Waals surface area contributed by atoms with Crippen molar-refractivity contribution in [2.24, 2.45) is 5.73 Å². The van der Waals surface area contributed by atoms with E-state index in [0.29, 0.717) is 5.17 Å². The molecule has 0 bridgehead atoms. The molecule has 1 aromatic heterocycles. The van der Waals surface area contributed by atoms with Crippen molar-refractivity contribution in [2.45, 2.75) is 11.3 Å². The summed E-state index contributed by atoms with van der Waals surface area (Å²) in [6, 6.07) is 0. The fraction of sp³-hybridized carbons (Fsp3) is 0.250. The molecule has 0 amide bonds. The largest absolute Gasteiger partial charge is 1.00 e. The Morgan fingerprint density at radius 1 is 1.73 bits per heavy atom. The summed E-state index contributed by atoms with van der Waals surface area (Å²) < 4.78 is 4.74. The third-order valence-corrected chi connectivity index (χ3v) is 2.29. The second-order valence-electron chi connectivity index (χ2n) is 1.61. The van der Waals surface area contributed by atoms with Gasteiger partial charge < -0.3 is 12.4 Å². The highest BCUT2D eigenvalue weighted by atomic mass is 35.5. The standard InChI is InChI=1S/C4H6N4S2.ClH/c1-2-7-4(10-8-2)9-3(5)6;/h1H3,(H3,5,6);1H. The predicted molar refractivity (Wildman–Crippen MR) is 41.6 cm³/mol. The Hall–Kier alpha value is -0.330. The van der Waals surface area contributed by atoms with Crippen LogP contribution in [0.3, 0.4) is 0 Å². The minimum absolute atomic E-state index is 0. The number of nitrogens with two attached hydrogens (primary N) is 2. The van der Waals surface area contributed by atoms with Gasteiger partial charge in [-0.25, -0.2) is 4.98 Å². The van der Waals surface area contributed by atoms with Crippen LogP contribution in [-0.4, -0.2) is 14.5 Å². The van der Waals surface area contributed by atoms with Crippen LogP contribution >= 0.6 is 23.3 Å². The van der Waals surface area contributed by atoms with Gasteiger partial charge in [-0.05, 0) is 18.5 Å². The molecule has 1 rings (SSSR count). The highest BCUT2D eigenvalue weighted by Gasteiger charge is 2.04. The summed E-state index contributed by atoms with van der Waals surface area (Å²) in [6.07, 6.45) is 0. The van der Waals surface area contributed by atoms with Crippen molar-refractivity contribution in [3.8, 4) is 0 Å². The van der Waals surface area contributed by atoms with Gasteiger partial charge in [0.05, 0.1) is 0 Å². The molecular formula is C4H7ClN4S2. The zero-order valence-electron chi connectivity index (χ0n) is 5.74. The highest BCUT2D eigenvalue weighted by molar-refractivity contribution is 8.14. The van der Waals surface area contributed by atoms with Crippen molar-refractivity contribution in [2.75, 3.05) is 0 Å². The molecule has 11 heavy (non-hydrogen) atoms. The molecule has 0 unspecified atom stereocenters. The summed E-state index contributed by atoms with van der Waals surface area (Å²) in [5.74, 6) is 0.758. The summed E-state index contributed by atoms with van der Waals surface area (Å²) in [7, 11) is 0. The Labute approximate surface area is 78.7 Å². The molecule has 0 aromatic carbocycles. The number of hydrogen-bond acceptors (Lipinski definition) is 4. The lowest BCUT2D eigenvalue weighted by Crippen LogP contribution is -3.00. The van der Waals surface area contributed by atoms with Crippen LogP contribution in [0, 0.1) is 6.92 Å². The van der Waals surface area contributed by atoms with E-state index in [2.05, 4.69) is 9.36 Å². The van der Waals surface area contributed by atoms with E-state index >= 15 is 0 Å². The second kappa shape index (κ2) is 4.53. The maximum absolute atomic E-state index is 5.23. The molecule has 0 saturated heterocycles. The number of thioether (sulfide) groups is 1. The van der Waals surface area contributed by atoms with Gasteiger partial charge in [0.15, 0.2) is 4.34 Å². The second-order valence-corrected chi connectivity index (χ2v) is 3.68. The van der Waals surface area contributed by atoms with Gasteiger partial charge in [-0.3, -0.25) is 11.1 Å². The lowest BCUT2D eigenvalue weighted by atomic mass is 10.8. The molecule has 0 spiro atoms. The van der Waals surface area contributed by atoms with Crippen molar-refractivity contribution < 1.29 is 17.8 Å². The lowest BCUT2D eigenvalue weighted by molar-refractivity contribution is -0.110. The first-order chi connectivity index (χ1) is 4.68. The number of aryl methyl sites for hydroxylation is 1. The molecule has 62 valence electrons. The van der Waals surface area contributed by atoms with E-state index in [4.69, 9.17) is 11.1 Å². The smallest absolute Gasteiger partial charge is 0.307 e. The molecule has 0 aliphatic heterocycles. The van der Waals surface area contributed by atoms with Crippen molar-refractivity contribution in [3.05, 3.63) is 5.82 Å². The van der Waals surface area contributed by atoms with E-state index in [9.17, 15) is 0 Å². The zero-order chi connectivity index (χ0) is 7.56. The van der Waals surface area contributed by atoms with E-state index < -0.39 is 0 Å². The fourth-order valence-corrected chi connectivity index (χ4v) is 1.77. The minimum Gasteiger partial charge on any atom is -1.00 e. The van der Waals surface area contributed by atoms with Gasteiger partial charge in [0.1, 0.15) is 5.82 Å². The first-order valence-corrected chi connectivity index (χ1v) is 4.13. The molecular weight excluding hydrogens is 204 g/mol. The maximum Gasteiger partial charge on any atom is 0.307 e. The van der Waals surface area contributed by atoms with Gasteiger partial charge in [-0.1, -0.05) is 0 Å². The van der Waals surface area contributed by atoms with Gasteiger partial charge in [0.2, 0.25) is 0 Å². The lowest BCUT2D eigenvalue weighted by Gasteiger charge is -1.81. The van der Waals surface area contributed by atoms with Crippen LogP contribution in [0.2, 0.25) is 0 Å². The van der Waals surface area contributed by atoms with Crippen LogP contribution in [0.4, 0.5) is 0 Å². The molecule has 0 atom stereocenters. The Morgan fingerprint density at radius 3 is 2.73 bits per heavy atom. The SMILES string of the molecule is Cc1nsc(SC(N)=[NH2+])n1.[Cl-]. The summed E-state index contributed by atoms with van der Waals surface area (Å²) in [4.78, 5) is 4.04. The van der Waals surface area contributed by atoms with E-state index in [0.717, 1.165) is 10.2 Å². The summed E-state index contributed by atoms with van der Waals surface area (Å²) >= 11 is 2.54. The molecule has 0 radical (unpaired) electrons. The van der Waals surface area contributed by atoms with Crippen LogP contribution in [0.5, 0.6) is 0 Å². The Morgan fingerprint density at radius 2 is 2.36 bits per heavy atom. The molecule has 1 heterocycles. The number of rotatable bonds is 1. The predicted octanol–water partition coefficient (Wildman–Crippen LogP) is -3.98. The average molecular weight is 211 g/mol. The van der Waals surface area contributed by atoms with Crippen LogP contribution in [-0.2, 0) is 0 Å². The Balaban J connectivity index is 0.000001000. The Kier molecular flexibility index (Phi) is 4.39. The molecule has 0 aliphatic carbocycles. The third-order valence-electron chi connectivity index (χ3n) is 0.714. The van der Waals surface area contributed by atoms with Crippen molar-refractivity contribution in [1.82, 2.24) is 9.36 Å². The van der Waals surface area contributed by atoms with E-state index in [1.807, 2.05) is 6.92 Å². The highest BCUT2D eigenvalue weighted by Crippen LogP contribution is 2.17. The minimum atomic E-state index is 0. The van der Waals surface area contributed by atoms with Crippen LogP contribution in [0.25, 0.3) is 0 Å². The molecule has 4 nitrogen and oxygen atoms in total. The molecule has 0 saturated carbocycles.